The molecule has 0 atom stereocenters. The Kier molecular flexibility index (Phi) is 4.13. The van der Waals surface area contributed by atoms with E-state index in [2.05, 4.69) is 50.8 Å². The van der Waals surface area contributed by atoms with E-state index in [-0.39, 0.29) is 17.4 Å². The summed E-state index contributed by atoms with van der Waals surface area (Å²) < 4.78 is 1.08. The van der Waals surface area contributed by atoms with E-state index in [1.807, 2.05) is 0 Å². The van der Waals surface area contributed by atoms with E-state index in [1.54, 1.807) is 0 Å². The molecule has 0 aromatic heterocycles. The number of benzene rings is 1. The number of piperidine rings is 1. The van der Waals surface area contributed by atoms with Crippen LogP contribution in [0.2, 0.25) is 0 Å². The summed E-state index contributed by atoms with van der Waals surface area (Å²) in [6.07, 6.45) is 5.24. The first-order valence-corrected chi connectivity index (χ1v) is 8.28. The largest absolute Gasteiger partial charge is 0.346 e. The van der Waals surface area contributed by atoms with Gasteiger partial charge in [0.15, 0.2) is 0 Å². The lowest BCUT2D eigenvalue weighted by atomic mass is 9.71. The summed E-state index contributed by atoms with van der Waals surface area (Å²) >= 11 is 3.47. The molecule has 1 aliphatic carbocycles. The maximum absolute atomic E-state index is 12.5. The average Bonchev–Trinajstić information content (AvgIpc) is 2.45. The Morgan fingerprint density at radius 3 is 2.40 bits per heavy atom. The number of carbonyl (C=O) groups excluding carboxylic acids is 1. The molecule has 1 saturated heterocycles. The second kappa shape index (κ2) is 5.86. The summed E-state index contributed by atoms with van der Waals surface area (Å²) in [5, 5.41) is 6.67. The Morgan fingerprint density at radius 1 is 1.20 bits per heavy atom. The topological polar surface area (TPSA) is 41.1 Å². The standard InChI is InChI=1S/C16H21BrN2O/c17-14-4-2-13(3-5-14)16(8-1-9-16)19-15(20)12-6-10-18-11-7-12/h2-5,12,18H,1,6-11H2,(H,19,20). The van der Waals surface area contributed by atoms with Gasteiger partial charge < -0.3 is 10.6 Å². The Bertz CT molecular complexity index is 476. The molecule has 20 heavy (non-hydrogen) atoms. The van der Waals surface area contributed by atoms with Crippen molar-refractivity contribution in [1.82, 2.24) is 10.6 Å². The number of halogens is 1. The third kappa shape index (κ3) is 2.77. The molecule has 1 heterocycles. The first-order valence-electron chi connectivity index (χ1n) is 7.48. The molecule has 0 spiro atoms. The van der Waals surface area contributed by atoms with Crippen molar-refractivity contribution in [2.75, 3.05) is 13.1 Å². The third-order valence-corrected chi connectivity index (χ3v) is 5.20. The van der Waals surface area contributed by atoms with Crippen molar-refractivity contribution < 1.29 is 4.79 Å². The Balaban J connectivity index is 1.72. The van der Waals surface area contributed by atoms with E-state index in [0.717, 1.165) is 43.2 Å². The molecule has 1 saturated carbocycles. The maximum atomic E-state index is 12.5. The first-order chi connectivity index (χ1) is 9.70. The molecule has 1 aromatic carbocycles. The molecule has 2 N–H and O–H groups in total. The lowest BCUT2D eigenvalue weighted by Gasteiger charge is -2.44. The minimum absolute atomic E-state index is 0.108. The van der Waals surface area contributed by atoms with Crippen molar-refractivity contribution in [2.24, 2.45) is 5.92 Å². The van der Waals surface area contributed by atoms with Crippen molar-refractivity contribution in [3.63, 3.8) is 0 Å². The van der Waals surface area contributed by atoms with Crippen molar-refractivity contribution in [1.29, 1.82) is 0 Å². The molecule has 108 valence electrons. The molecule has 3 nitrogen and oxygen atoms in total. The fourth-order valence-electron chi connectivity index (χ4n) is 3.21. The van der Waals surface area contributed by atoms with Gasteiger partial charge in [0, 0.05) is 10.4 Å². The average molecular weight is 337 g/mol. The summed E-state index contributed by atoms with van der Waals surface area (Å²) in [6.45, 7) is 1.92. The fourth-order valence-corrected chi connectivity index (χ4v) is 3.47. The highest BCUT2D eigenvalue weighted by Gasteiger charge is 2.41. The molecule has 1 amide bonds. The van der Waals surface area contributed by atoms with Gasteiger partial charge in [0.25, 0.3) is 0 Å². The maximum Gasteiger partial charge on any atom is 0.223 e. The second-order valence-corrected chi connectivity index (χ2v) is 6.87. The molecule has 2 aliphatic rings. The zero-order valence-corrected chi connectivity index (χ0v) is 13.2. The molecule has 0 bridgehead atoms. The van der Waals surface area contributed by atoms with E-state index in [4.69, 9.17) is 0 Å². The van der Waals surface area contributed by atoms with Gasteiger partial charge in [-0.1, -0.05) is 28.1 Å². The van der Waals surface area contributed by atoms with Gasteiger partial charge in [0.05, 0.1) is 5.54 Å². The van der Waals surface area contributed by atoms with Gasteiger partial charge in [-0.3, -0.25) is 4.79 Å². The third-order valence-electron chi connectivity index (χ3n) is 4.68. The van der Waals surface area contributed by atoms with E-state index in [0.29, 0.717) is 0 Å². The smallest absolute Gasteiger partial charge is 0.223 e. The van der Waals surface area contributed by atoms with Crippen LogP contribution in [-0.2, 0) is 10.3 Å². The number of amides is 1. The van der Waals surface area contributed by atoms with Gasteiger partial charge in [0.1, 0.15) is 0 Å². The molecular weight excluding hydrogens is 316 g/mol. The Morgan fingerprint density at radius 2 is 1.85 bits per heavy atom. The lowest BCUT2D eigenvalue weighted by molar-refractivity contribution is -0.129. The summed E-state index contributed by atoms with van der Waals surface area (Å²) in [6, 6.07) is 8.38. The molecule has 1 aromatic rings. The number of hydrogen-bond acceptors (Lipinski definition) is 2. The predicted octanol–water partition coefficient (Wildman–Crippen LogP) is 2.94. The van der Waals surface area contributed by atoms with Crippen LogP contribution in [0.1, 0.15) is 37.7 Å². The highest BCUT2D eigenvalue weighted by Crippen LogP contribution is 2.42. The van der Waals surface area contributed by atoms with E-state index in [1.165, 1.54) is 12.0 Å². The van der Waals surface area contributed by atoms with Crippen LogP contribution >= 0.6 is 15.9 Å². The first kappa shape index (κ1) is 14.1. The summed E-state index contributed by atoms with van der Waals surface area (Å²) in [4.78, 5) is 12.5. The summed E-state index contributed by atoms with van der Waals surface area (Å²) in [7, 11) is 0. The number of rotatable bonds is 3. The monoisotopic (exact) mass is 336 g/mol. The predicted molar refractivity (Wildman–Crippen MR) is 83.4 cm³/mol. The lowest BCUT2D eigenvalue weighted by Crippen LogP contribution is -2.53. The summed E-state index contributed by atoms with van der Waals surface area (Å²) in [5.74, 6) is 0.429. The van der Waals surface area contributed by atoms with Crippen molar-refractivity contribution in [3.05, 3.63) is 34.3 Å². The Hall–Kier alpha value is -0.870. The van der Waals surface area contributed by atoms with Crippen LogP contribution in [0.3, 0.4) is 0 Å². The number of carbonyl (C=O) groups is 1. The van der Waals surface area contributed by atoms with Gasteiger partial charge in [0.2, 0.25) is 5.91 Å². The van der Waals surface area contributed by atoms with Gasteiger partial charge >= 0.3 is 0 Å². The van der Waals surface area contributed by atoms with Crippen molar-refractivity contribution >= 4 is 21.8 Å². The van der Waals surface area contributed by atoms with Crippen LogP contribution in [0, 0.1) is 5.92 Å². The SMILES string of the molecule is O=C(NC1(c2ccc(Br)cc2)CCC1)C1CCNCC1. The van der Waals surface area contributed by atoms with Gasteiger partial charge in [-0.2, -0.15) is 0 Å². The van der Waals surface area contributed by atoms with Gasteiger partial charge in [-0.05, 0) is 62.9 Å². The highest BCUT2D eigenvalue weighted by molar-refractivity contribution is 9.10. The minimum atomic E-state index is -0.108. The molecule has 0 radical (unpaired) electrons. The molecule has 4 heteroatoms. The van der Waals surface area contributed by atoms with Crippen LogP contribution in [0.4, 0.5) is 0 Å². The van der Waals surface area contributed by atoms with Crippen LogP contribution < -0.4 is 10.6 Å². The molecule has 0 unspecified atom stereocenters. The molecular formula is C16H21BrN2O. The normalized spacial score (nSPS) is 22.1. The van der Waals surface area contributed by atoms with E-state index < -0.39 is 0 Å². The zero-order chi connectivity index (χ0) is 14.0. The zero-order valence-electron chi connectivity index (χ0n) is 11.6. The van der Waals surface area contributed by atoms with Crippen molar-refractivity contribution in [3.8, 4) is 0 Å². The van der Waals surface area contributed by atoms with E-state index in [9.17, 15) is 4.79 Å². The molecule has 1 aliphatic heterocycles. The van der Waals surface area contributed by atoms with Crippen LogP contribution in [0.15, 0.2) is 28.7 Å². The van der Waals surface area contributed by atoms with Crippen LogP contribution in [0.5, 0.6) is 0 Å². The fraction of sp³-hybridized carbons (Fsp3) is 0.562. The second-order valence-electron chi connectivity index (χ2n) is 5.96. The quantitative estimate of drug-likeness (QED) is 0.890. The van der Waals surface area contributed by atoms with Gasteiger partial charge in [-0.15, -0.1) is 0 Å². The number of nitrogens with one attached hydrogen (secondary N) is 2. The van der Waals surface area contributed by atoms with Gasteiger partial charge in [-0.25, -0.2) is 0 Å². The number of hydrogen-bond donors (Lipinski definition) is 2. The Labute approximate surface area is 128 Å². The van der Waals surface area contributed by atoms with Crippen LogP contribution in [0.25, 0.3) is 0 Å². The molecule has 2 fully saturated rings. The summed E-state index contributed by atoms with van der Waals surface area (Å²) in [5.41, 5.74) is 1.14. The van der Waals surface area contributed by atoms with Crippen LogP contribution in [-0.4, -0.2) is 19.0 Å². The molecule has 3 rings (SSSR count). The van der Waals surface area contributed by atoms with Crippen molar-refractivity contribution in [2.45, 2.75) is 37.6 Å². The minimum Gasteiger partial charge on any atom is -0.346 e. The highest BCUT2D eigenvalue weighted by atomic mass is 79.9. The van der Waals surface area contributed by atoms with E-state index >= 15 is 0 Å².